The number of nitrogens with one attached hydrogen (secondary N) is 2. The van der Waals surface area contributed by atoms with Crippen LogP contribution in [0.25, 0.3) is 0 Å². The second kappa shape index (κ2) is 10.9. The first kappa shape index (κ1) is 22.0. The monoisotopic (exact) mass is 380 g/mol. The summed E-state index contributed by atoms with van der Waals surface area (Å²) in [5.41, 5.74) is 0.233. The Balaban J connectivity index is 2.82. The fourth-order valence-corrected chi connectivity index (χ4v) is 2.70. The van der Waals surface area contributed by atoms with Crippen LogP contribution in [0.4, 0.5) is 4.79 Å². The Bertz CT molecular complexity index is 587. The first-order chi connectivity index (χ1) is 12.2. The van der Waals surface area contributed by atoms with Gasteiger partial charge in [-0.1, -0.05) is 30.3 Å². The summed E-state index contributed by atoms with van der Waals surface area (Å²) in [5.74, 6) is 0.352. The van der Waals surface area contributed by atoms with Crippen molar-refractivity contribution < 1.29 is 19.1 Å². The molecule has 0 aromatic heterocycles. The van der Waals surface area contributed by atoms with Gasteiger partial charge in [-0.15, -0.1) is 0 Å². The lowest BCUT2D eigenvalue weighted by Gasteiger charge is -2.24. The molecule has 0 spiro atoms. The average Bonchev–Trinajstić information content (AvgIpc) is 2.57. The Morgan fingerprint density at radius 1 is 1.19 bits per heavy atom. The predicted octanol–water partition coefficient (Wildman–Crippen LogP) is 2.56. The van der Waals surface area contributed by atoms with Gasteiger partial charge in [0.05, 0.1) is 6.04 Å². The predicted molar refractivity (Wildman–Crippen MR) is 104 cm³/mol. The van der Waals surface area contributed by atoms with Crippen molar-refractivity contribution in [2.75, 3.05) is 12.0 Å². The molecule has 0 aliphatic heterocycles. The first-order valence-corrected chi connectivity index (χ1v) is 9.92. The molecule has 26 heavy (non-hydrogen) atoms. The minimum atomic E-state index is -0.830. The quantitative estimate of drug-likeness (QED) is 0.643. The lowest BCUT2D eigenvalue weighted by Crippen LogP contribution is -2.52. The fraction of sp³-hybridized carbons (Fsp3) is 0.526. The molecule has 0 bridgehead atoms. The molecule has 0 radical (unpaired) electrons. The summed E-state index contributed by atoms with van der Waals surface area (Å²) in [6.07, 6.45) is 2.84. The summed E-state index contributed by atoms with van der Waals surface area (Å²) in [5, 5.41) is 5.31. The molecule has 1 rings (SSSR count). The van der Waals surface area contributed by atoms with Crippen molar-refractivity contribution >= 4 is 30.0 Å². The second-order valence-corrected chi connectivity index (χ2v) is 7.91. The van der Waals surface area contributed by atoms with Crippen LogP contribution in [-0.4, -0.2) is 48.0 Å². The van der Waals surface area contributed by atoms with Crippen LogP contribution in [-0.2, 0) is 20.7 Å². The highest BCUT2D eigenvalue weighted by Crippen LogP contribution is 2.09. The highest BCUT2D eigenvalue weighted by atomic mass is 32.2. The van der Waals surface area contributed by atoms with Gasteiger partial charge in [-0.05, 0) is 44.8 Å². The third-order valence-electron chi connectivity index (χ3n) is 3.42. The van der Waals surface area contributed by atoms with Crippen molar-refractivity contribution in [1.82, 2.24) is 10.6 Å². The van der Waals surface area contributed by atoms with Crippen LogP contribution in [0.5, 0.6) is 0 Å². The Hall–Kier alpha value is -2.02. The van der Waals surface area contributed by atoms with Gasteiger partial charge in [0.15, 0.2) is 0 Å². The number of rotatable bonds is 9. The number of thioether (sulfide) groups is 1. The molecule has 2 amide bonds. The molecule has 1 aromatic rings. The standard InChI is InChI=1S/C19H28N2O4S/c1-19(2,3)25-18(24)21-16(12-14-8-6-5-7-9-14)17(23)20-15(13-22)10-11-26-4/h5-9,13,15-16H,10-12H2,1-4H3,(H,20,23)(H,21,24)/t15-,16-/m0/s1. The SMILES string of the molecule is CSCC[C@@H](C=O)NC(=O)[C@H](Cc1ccccc1)NC(=O)OC(C)(C)C. The topological polar surface area (TPSA) is 84.5 Å². The van der Waals surface area contributed by atoms with Crippen molar-refractivity contribution in [1.29, 1.82) is 0 Å². The molecule has 0 aliphatic rings. The van der Waals surface area contributed by atoms with Crippen LogP contribution < -0.4 is 10.6 Å². The molecule has 0 saturated heterocycles. The molecule has 0 aliphatic carbocycles. The lowest BCUT2D eigenvalue weighted by atomic mass is 10.0. The second-order valence-electron chi connectivity index (χ2n) is 6.92. The zero-order valence-corrected chi connectivity index (χ0v) is 16.6. The maximum atomic E-state index is 12.6. The molecule has 7 heteroatoms. The van der Waals surface area contributed by atoms with Crippen LogP contribution in [0.1, 0.15) is 32.8 Å². The third-order valence-corrected chi connectivity index (χ3v) is 4.06. The summed E-state index contributed by atoms with van der Waals surface area (Å²) in [4.78, 5) is 35.9. The van der Waals surface area contributed by atoms with Gasteiger partial charge >= 0.3 is 6.09 Å². The number of hydrogen-bond acceptors (Lipinski definition) is 5. The van der Waals surface area contributed by atoms with E-state index in [0.29, 0.717) is 12.8 Å². The highest BCUT2D eigenvalue weighted by Gasteiger charge is 2.26. The van der Waals surface area contributed by atoms with E-state index < -0.39 is 29.7 Å². The number of carbonyl (C=O) groups excluding carboxylic acids is 3. The molecule has 0 fully saturated rings. The van der Waals surface area contributed by atoms with E-state index in [0.717, 1.165) is 17.6 Å². The van der Waals surface area contributed by atoms with E-state index in [2.05, 4.69) is 10.6 Å². The largest absolute Gasteiger partial charge is 0.444 e. The summed E-state index contributed by atoms with van der Waals surface area (Å²) in [7, 11) is 0. The minimum Gasteiger partial charge on any atom is -0.444 e. The third kappa shape index (κ3) is 8.89. The van der Waals surface area contributed by atoms with Crippen molar-refractivity contribution in [2.24, 2.45) is 0 Å². The molecule has 6 nitrogen and oxygen atoms in total. The van der Waals surface area contributed by atoms with E-state index in [4.69, 9.17) is 4.74 Å². The molecular formula is C19H28N2O4S. The molecular weight excluding hydrogens is 352 g/mol. The average molecular weight is 381 g/mol. The maximum Gasteiger partial charge on any atom is 0.408 e. The number of aldehydes is 1. The zero-order chi connectivity index (χ0) is 19.6. The van der Waals surface area contributed by atoms with Gasteiger partial charge in [0, 0.05) is 6.42 Å². The molecule has 144 valence electrons. The van der Waals surface area contributed by atoms with Crippen molar-refractivity contribution in [3.8, 4) is 0 Å². The summed E-state index contributed by atoms with van der Waals surface area (Å²) < 4.78 is 5.25. The number of alkyl carbamates (subject to hydrolysis) is 1. The van der Waals surface area contributed by atoms with Gasteiger partial charge in [-0.3, -0.25) is 4.79 Å². The number of carbonyl (C=O) groups is 3. The van der Waals surface area contributed by atoms with E-state index in [1.54, 1.807) is 32.5 Å². The molecule has 2 N–H and O–H groups in total. The van der Waals surface area contributed by atoms with Gasteiger partial charge in [0.25, 0.3) is 0 Å². The highest BCUT2D eigenvalue weighted by molar-refractivity contribution is 7.98. The van der Waals surface area contributed by atoms with E-state index in [-0.39, 0.29) is 0 Å². The van der Waals surface area contributed by atoms with Crippen molar-refractivity contribution in [2.45, 2.75) is 51.3 Å². The van der Waals surface area contributed by atoms with Crippen molar-refractivity contribution in [3.05, 3.63) is 35.9 Å². The Morgan fingerprint density at radius 2 is 1.85 bits per heavy atom. The van der Waals surface area contributed by atoms with Crippen LogP contribution in [0.2, 0.25) is 0 Å². The van der Waals surface area contributed by atoms with Gasteiger partial charge in [0.1, 0.15) is 17.9 Å². The molecule has 0 unspecified atom stereocenters. The van der Waals surface area contributed by atoms with E-state index in [1.165, 1.54) is 0 Å². The summed E-state index contributed by atoms with van der Waals surface area (Å²) in [6, 6.07) is 7.96. The smallest absolute Gasteiger partial charge is 0.408 e. The number of ether oxygens (including phenoxy) is 1. The molecule has 2 atom stereocenters. The maximum absolute atomic E-state index is 12.6. The number of hydrogen-bond donors (Lipinski definition) is 2. The van der Waals surface area contributed by atoms with Crippen LogP contribution in [0, 0.1) is 0 Å². The molecule has 1 aromatic carbocycles. The first-order valence-electron chi connectivity index (χ1n) is 8.53. The Morgan fingerprint density at radius 3 is 2.38 bits per heavy atom. The van der Waals surface area contributed by atoms with Gasteiger partial charge < -0.3 is 20.2 Å². The minimum absolute atomic E-state index is 0.306. The summed E-state index contributed by atoms with van der Waals surface area (Å²) in [6.45, 7) is 5.26. The fourth-order valence-electron chi connectivity index (χ4n) is 2.21. The molecule has 0 saturated carbocycles. The Labute approximate surface area is 159 Å². The van der Waals surface area contributed by atoms with Gasteiger partial charge in [-0.2, -0.15) is 11.8 Å². The van der Waals surface area contributed by atoms with Crippen molar-refractivity contribution in [3.63, 3.8) is 0 Å². The zero-order valence-electron chi connectivity index (χ0n) is 15.8. The van der Waals surface area contributed by atoms with Crippen LogP contribution in [0.3, 0.4) is 0 Å². The van der Waals surface area contributed by atoms with Gasteiger partial charge in [-0.25, -0.2) is 4.79 Å². The summed E-state index contributed by atoms with van der Waals surface area (Å²) >= 11 is 1.60. The van der Waals surface area contributed by atoms with E-state index in [1.807, 2.05) is 36.6 Å². The number of benzene rings is 1. The Kier molecular flexibility index (Phi) is 9.19. The van der Waals surface area contributed by atoms with Crippen LogP contribution in [0.15, 0.2) is 30.3 Å². The van der Waals surface area contributed by atoms with E-state index >= 15 is 0 Å². The number of amides is 2. The lowest BCUT2D eigenvalue weighted by molar-refractivity contribution is -0.125. The van der Waals surface area contributed by atoms with Gasteiger partial charge in [0.2, 0.25) is 5.91 Å². The van der Waals surface area contributed by atoms with E-state index in [9.17, 15) is 14.4 Å². The van der Waals surface area contributed by atoms with Crippen LogP contribution >= 0.6 is 11.8 Å². The normalized spacial score (nSPS) is 13.4. The molecule has 0 heterocycles.